The Kier molecular flexibility index (Phi) is 5.11. The van der Waals surface area contributed by atoms with Crippen molar-refractivity contribution in [3.05, 3.63) is 46.4 Å². The smallest absolute Gasteiger partial charge is 0.259 e. The van der Waals surface area contributed by atoms with Gasteiger partial charge in [-0.3, -0.25) is 4.31 Å². The molecule has 0 saturated heterocycles. The molecule has 0 radical (unpaired) electrons. The molecule has 28 heavy (non-hydrogen) atoms. The van der Waals surface area contributed by atoms with E-state index in [2.05, 4.69) is 15.2 Å². The van der Waals surface area contributed by atoms with Crippen molar-refractivity contribution in [3.63, 3.8) is 0 Å². The van der Waals surface area contributed by atoms with Gasteiger partial charge in [0, 0.05) is 5.02 Å². The Morgan fingerprint density at radius 2 is 2.18 bits per heavy atom. The van der Waals surface area contributed by atoms with Crippen LogP contribution in [0, 0.1) is 0 Å². The van der Waals surface area contributed by atoms with E-state index < -0.39 is 16.2 Å². The zero-order valence-electron chi connectivity index (χ0n) is 14.7. The fourth-order valence-corrected chi connectivity index (χ4v) is 5.50. The van der Waals surface area contributed by atoms with E-state index in [-0.39, 0.29) is 23.6 Å². The molecule has 148 valence electrons. The van der Waals surface area contributed by atoms with E-state index in [0.29, 0.717) is 33.4 Å². The van der Waals surface area contributed by atoms with Crippen LogP contribution in [0.5, 0.6) is 0 Å². The minimum absolute atomic E-state index is 0.0599. The highest BCUT2D eigenvalue weighted by atomic mass is 35.5. The predicted molar refractivity (Wildman–Crippen MR) is 105 cm³/mol. The molecule has 1 unspecified atom stereocenters. The first-order valence-corrected chi connectivity index (χ1v) is 11.2. The maximum absolute atomic E-state index is 13.3. The molecule has 2 heterocycles. The van der Waals surface area contributed by atoms with Crippen LogP contribution in [0.4, 0.5) is 10.1 Å². The van der Waals surface area contributed by atoms with Gasteiger partial charge in [-0.2, -0.15) is 0 Å². The summed E-state index contributed by atoms with van der Waals surface area (Å²) in [5, 5.41) is 8.10. The molecule has 0 bridgehead atoms. The molecule has 0 N–H and O–H groups in total. The molecule has 1 aliphatic rings. The third kappa shape index (κ3) is 3.89. The van der Waals surface area contributed by atoms with Gasteiger partial charge in [0.1, 0.15) is 9.88 Å². The SMILES string of the molecule is CC(F)c1nnc(-c2cnc(CN(c3cccc(Cl)c3)S(=O)(=O)C3CC3)s2)o1. The first-order valence-electron chi connectivity index (χ1n) is 8.54. The van der Waals surface area contributed by atoms with Crippen molar-refractivity contribution in [1.29, 1.82) is 0 Å². The minimum Gasteiger partial charge on any atom is -0.417 e. The Bertz CT molecular complexity index is 1100. The second kappa shape index (κ2) is 7.41. The van der Waals surface area contributed by atoms with Crippen LogP contribution >= 0.6 is 22.9 Å². The van der Waals surface area contributed by atoms with Gasteiger partial charge in [-0.15, -0.1) is 21.5 Å². The number of anilines is 1. The van der Waals surface area contributed by atoms with Gasteiger partial charge in [-0.05, 0) is 38.0 Å². The van der Waals surface area contributed by atoms with Crippen LogP contribution in [-0.2, 0) is 16.6 Å². The van der Waals surface area contributed by atoms with Gasteiger partial charge in [0.25, 0.3) is 11.8 Å². The highest BCUT2D eigenvalue weighted by molar-refractivity contribution is 7.93. The van der Waals surface area contributed by atoms with Crippen LogP contribution in [0.25, 0.3) is 10.8 Å². The van der Waals surface area contributed by atoms with Gasteiger partial charge in [0.2, 0.25) is 10.0 Å². The van der Waals surface area contributed by atoms with Crippen LogP contribution in [-0.4, -0.2) is 28.8 Å². The third-order valence-corrected chi connectivity index (χ3v) is 7.65. The summed E-state index contributed by atoms with van der Waals surface area (Å²) in [7, 11) is -3.52. The molecular formula is C17H16ClFN4O3S2. The highest BCUT2D eigenvalue weighted by Crippen LogP contribution is 2.36. The van der Waals surface area contributed by atoms with Crippen LogP contribution in [0.15, 0.2) is 34.9 Å². The lowest BCUT2D eigenvalue weighted by Crippen LogP contribution is -2.33. The summed E-state index contributed by atoms with van der Waals surface area (Å²) in [6, 6.07) is 6.71. The number of aromatic nitrogens is 3. The van der Waals surface area contributed by atoms with Gasteiger partial charge in [0.05, 0.1) is 23.7 Å². The number of nitrogens with zero attached hydrogens (tertiary/aromatic N) is 4. The van der Waals surface area contributed by atoms with E-state index in [9.17, 15) is 12.8 Å². The van der Waals surface area contributed by atoms with E-state index in [1.807, 2.05) is 0 Å². The van der Waals surface area contributed by atoms with E-state index in [1.54, 1.807) is 24.3 Å². The van der Waals surface area contributed by atoms with E-state index in [1.165, 1.54) is 28.8 Å². The summed E-state index contributed by atoms with van der Waals surface area (Å²) >= 11 is 7.27. The average molecular weight is 443 g/mol. The van der Waals surface area contributed by atoms with Crippen molar-refractivity contribution >= 4 is 38.6 Å². The fraction of sp³-hybridized carbons (Fsp3) is 0.353. The number of hydrogen-bond acceptors (Lipinski definition) is 7. The normalized spacial score (nSPS) is 15.5. The second-order valence-corrected chi connectivity index (χ2v) is 10.1. The molecule has 4 rings (SSSR count). The van der Waals surface area contributed by atoms with Gasteiger partial charge in [-0.1, -0.05) is 17.7 Å². The standard InChI is InChI=1S/C17H16ClFN4O3S2/c1-10(19)16-21-22-17(26-16)14-8-20-15(27-14)9-23(28(24,25)13-5-6-13)12-4-2-3-11(18)7-12/h2-4,7-8,10,13H,5-6,9H2,1H3. The molecule has 1 aliphatic carbocycles. The molecule has 1 saturated carbocycles. The number of alkyl halides is 1. The van der Waals surface area contributed by atoms with Crippen LogP contribution in [0.3, 0.4) is 0 Å². The summed E-state index contributed by atoms with van der Waals surface area (Å²) in [5.74, 6) is 0.0458. The largest absolute Gasteiger partial charge is 0.417 e. The first kappa shape index (κ1) is 19.3. The molecular weight excluding hydrogens is 427 g/mol. The van der Waals surface area contributed by atoms with Gasteiger partial charge in [-0.25, -0.2) is 17.8 Å². The summed E-state index contributed by atoms with van der Waals surface area (Å²) in [4.78, 5) is 4.83. The molecule has 3 aromatic rings. The summed E-state index contributed by atoms with van der Waals surface area (Å²) in [6.07, 6.45) is 1.44. The predicted octanol–water partition coefficient (Wildman–Crippen LogP) is 4.38. The minimum atomic E-state index is -3.52. The maximum Gasteiger partial charge on any atom is 0.259 e. The fourth-order valence-electron chi connectivity index (χ4n) is 2.61. The van der Waals surface area contributed by atoms with Crippen molar-refractivity contribution in [1.82, 2.24) is 15.2 Å². The lowest BCUT2D eigenvalue weighted by molar-refractivity contribution is 0.301. The maximum atomic E-state index is 13.3. The topological polar surface area (TPSA) is 89.2 Å². The Morgan fingerprint density at radius 3 is 2.82 bits per heavy atom. The van der Waals surface area contributed by atoms with Crippen molar-refractivity contribution in [3.8, 4) is 10.8 Å². The highest BCUT2D eigenvalue weighted by Gasteiger charge is 2.40. The number of hydrogen-bond donors (Lipinski definition) is 0. The summed E-state index contributed by atoms with van der Waals surface area (Å²) < 4.78 is 45.8. The van der Waals surface area contributed by atoms with E-state index >= 15 is 0 Å². The first-order chi connectivity index (χ1) is 13.3. The number of benzene rings is 1. The molecule has 0 spiro atoms. The molecule has 1 fully saturated rings. The van der Waals surface area contributed by atoms with Gasteiger partial charge in [0.15, 0.2) is 6.17 Å². The molecule has 0 amide bonds. The summed E-state index contributed by atoms with van der Waals surface area (Å²) in [5.41, 5.74) is 0.488. The van der Waals surface area contributed by atoms with Crippen molar-refractivity contribution in [2.24, 2.45) is 0 Å². The lowest BCUT2D eigenvalue weighted by Gasteiger charge is -2.23. The second-order valence-electron chi connectivity index (χ2n) is 6.41. The van der Waals surface area contributed by atoms with Crippen LogP contribution in [0.2, 0.25) is 5.02 Å². The monoisotopic (exact) mass is 442 g/mol. The Hall–Kier alpha value is -2.04. The zero-order valence-corrected chi connectivity index (χ0v) is 17.1. The molecule has 1 aromatic carbocycles. The zero-order chi connectivity index (χ0) is 19.9. The van der Waals surface area contributed by atoms with E-state index in [0.717, 1.165) is 0 Å². The molecule has 1 atom stereocenters. The molecule has 2 aromatic heterocycles. The number of sulfonamides is 1. The lowest BCUT2D eigenvalue weighted by atomic mass is 10.3. The van der Waals surface area contributed by atoms with Crippen molar-refractivity contribution in [2.75, 3.05) is 4.31 Å². The molecule has 11 heteroatoms. The number of rotatable bonds is 7. The third-order valence-electron chi connectivity index (χ3n) is 4.17. The van der Waals surface area contributed by atoms with Gasteiger partial charge < -0.3 is 4.42 Å². The molecule has 0 aliphatic heterocycles. The molecule has 7 nitrogen and oxygen atoms in total. The van der Waals surface area contributed by atoms with Crippen LogP contribution in [0.1, 0.15) is 36.8 Å². The van der Waals surface area contributed by atoms with Crippen LogP contribution < -0.4 is 4.31 Å². The van der Waals surface area contributed by atoms with Gasteiger partial charge >= 0.3 is 0 Å². The Labute approximate surface area is 170 Å². The van der Waals surface area contributed by atoms with Crippen molar-refractivity contribution < 1.29 is 17.2 Å². The number of thiazole rings is 1. The van der Waals surface area contributed by atoms with Crippen molar-refractivity contribution in [2.45, 2.75) is 37.7 Å². The van der Waals surface area contributed by atoms with E-state index in [4.69, 9.17) is 16.0 Å². The Morgan fingerprint density at radius 1 is 1.39 bits per heavy atom. The average Bonchev–Trinajstić information content (AvgIpc) is 3.22. The number of halogens is 2. The summed E-state index contributed by atoms with van der Waals surface area (Å²) in [6.45, 7) is 1.37. The quantitative estimate of drug-likeness (QED) is 0.539. The Balaban J connectivity index is 1.63.